The fourth-order valence-corrected chi connectivity index (χ4v) is 6.17. The molecule has 1 aliphatic carbocycles. The number of esters is 6. The highest BCUT2D eigenvalue weighted by molar-refractivity contribution is 5.71. The summed E-state index contributed by atoms with van der Waals surface area (Å²) >= 11 is 0. The smallest absolute Gasteiger partial charge is 0.307 e. The molecule has 1 aliphatic rings. The van der Waals surface area contributed by atoms with Crippen LogP contribution in [0.1, 0.15) is 128 Å². The van der Waals surface area contributed by atoms with E-state index in [0.717, 1.165) is 25.7 Å². The first-order valence-corrected chi connectivity index (χ1v) is 21.3. The summed E-state index contributed by atoms with van der Waals surface area (Å²) in [5.41, 5.74) is 0. The molecule has 0 spiro atoms. The molecule has 0 aromatic heterocycles. The molecule has 0 N–H and O–H groups in total. The van der Waals surface area contributed by atoms with Crippen molar-refractivity contribution in [2.75, 3.05) is 65.7 Å². The van der Waals surface area contributed by atoms with Crippen molar-refractivity contribution in [3.05, 3.63) is 0 Å². The number of carbonyl (C=O) groups is 6. The Labute approximate surface area is 357 Å². The largest absolute Gasteiger partial charge is 0.465 e. The lowest BCUT2D eigenvalue weighted by Crippen LogP contribution is -2.31. The Morgan fingerprint density at radius 2 is 0.667 bits per heavy atom. The molecule has 1 saturated carbocycles. The van der Waals surface area contributed by atoms with Gasteiger partial charge in [-0.2, -0.15) is 0 Å². The van der Waals surface area contributed by atoms with Crippen LogP contribution in [-0.4, -0.2) is 124 Å². The van der Waals surface area contributed by atoms with Gasteiger partial charge in [0.1, 0.15) is 38.6 Å². The van der Waals surface area contributed by atoms with Crippen molar-refractivity contribution < 1.29 is 57.2 Å². The summed E-state index contributed by atoms with van der Waals surface area (Å²) in [6, 6.07) is 0. The maximum atomic E-state index is 12.6. The van der Waals surface area contributed by atoms with Gasteiger partial charge in [0, 0.05) is 64.7 Å². The number of rotatable bonds is 34. The number of nitrogens with zero attached hydrogens (tertiary/aromatic N) is 2. The highest BCUT2D eigenvalue weighted by Gasteiger charge is 2.26. The van der Waals surface area contributed by atoms with Crippen molar-refractivity contribution in [3.8, 4) is 49.4 Å². The molecule has 0 aliphatic heterocycles. The van der Waals surface area contributed by atoms with Gasteiger partial charge < -0.3 is 38.2 Å². The van der Waals surface area contributed by atoms with Crippen LogP contribution >= 0.6 is 0 Å². The van der Waals surface area contributed by atoms with E-state index in [4.69, 9.17) is 54.1 Å². The third-order valence-electron chi connectivity index (χ3n) is 9.49. The molecule has 0 heterocycles. The zero-order valence-electron chi connectivity index (χ0n) is 35.5. The second kappa shape index (κ2) is 35.9. The van der Waals surface area contributed by atoms with Crippen LogP contribution in [0.15, 0.2) is 0 Å². The van der Waals surface area contributed by atoms with E-state index in [0.29, 0.717) is 103 Å². The molecule has 0 bridgehead atoms. The van der Waals surface area contributed by atoms with Crippen LogP contribution in [0.5, 0.6) is 0 Å². The fourth-order valence-electron chi connectivity index (χ4n) is 6.17. The van der Waals surface area contributed by atoms with Gasteiger partial charge in [-0.15, -0.1) is 49.4 Å². The molecule has 0 saturated heterocycles. The summed E-state index contributed by atoms with van der Waals surface area (Å²) in [7, 11) is 0. The zero-order valence-corrected chi connectivity index (χ0v) is 35.5. The van der Waals surface area contributed by atoms with Gasteiger partial charge in [-0.3, -0.25) is 28.8 Å². The van der Waals surface area contributed by atoms with Gasteiger partial charge in [-0.1, -0.05) is 12.8 Å². The summed E-state index contributed by atoms with van der Waals surface area (Å²) in [6.07, 6.45) is 29.9. The van der Waals surface area contributed by atoms with Gasteiger partial charge in [0.15, 0.2) is 0 Å². The minimum absolute atomic E-state index is 0.167. The molecule has 0 aromatic carbocycles. The van der Waals surface area contributed by atoms with Crippen LogP contribution in [0.25, 0.3) is 0 Å². The zero-order chi connectivity index (χ0) is 44.1. The lowest BCUT2D eigenvalue weighted by atomic mass is 9.95. The molecule has 0 unspecified atom stereocenters. The number of terminal acetylenes is 4. The third-order valence-corrected chi connectivity index (χ3v) is 9.49. The summed E-state index contributed by atoms with van der Waals surface area (Å²) in [6.45, 7) is 3.62. The van der Waals surface area contributed by atoms with E-state index < -0.39 is 0 Å². The molecule has 1 rings (SSSR count). The summed E-state index contributed by atoms with van der Waals surface area (Å²) in [5.74, 6) is 7.77. The van der Waals surface area contributed by atoms with Crippen LogP contribution < -0.4 is 0 Å². The molecule has 332 valence electrons. The number of hydrogen-bond acceptors (Lipinski definition) is 14. The molecular weight excluding hydrogens is 773 g/mol. The van der Waals surface area contributed by atoms with E-state index in [1.165, 1.54) is 0 Å². The average molecular weight is 839 g/mol. The first-order chi connectivity index (χ1) is 29.1. The lowest BCUT2D eigenvalue weighted by molar-refractivity contribution is -0.158. The highest BCUT2D eigenvalue weighted by atomic mass is 16.6. The minimum atomic E-state index is -0.354. The first kappa shape index (κ1) is 53.0. The second-order valence-corrected chi connectivity index (χ2v) is 14.4. The van der Waals surface area contributed by atoms with E-state index in [1.807, 2.05) is 9.80 Å². The first-order valence-electron chi connectivity index (χ1n) is 21.3. The lowest BCUT2D eigenvalue weighted by Gasteiger charge is -2.28. The van der Waals surface area contributed by atoms with Crippen molar-refractivity contribution in [1.82, 2.24) is 9.80 Å². The Balaban J connectivity index is 2.33. The van der Waals surface area contributed by atoms with Crippen molar-refractivity contribution in [1.29, 1.82) is 0 Å². The Hall–Kier alpha value is -5.02. The minimum Gasteiger partial charge on any atom is -0.465 e. The van der Waals surface area contributed by atoms with Crippen molar-refractivity contribution in [2.45, 2.75) is 141 Å². The molecular formula is C46H66N2O12. The average Bonchev–Trinajstić information content (AvgIpc) is 3.23. The molecule has 60 heavy (non-hydrogen) atoms. The quantitative estimate of drug-likeness (QED) is 0.0371. The fraction of sp³-hybridized carbons (Fsp3) is 0.696. The maximum absolute atomic E-state index is 12.6. The van der Waals surface area contributed by atoms with Gasteiger partial charge in [-0.05, 0) is 64.5 Å². The van der Waals surface area contributed by atoms with Crippen LogP contribution in [0.3, 0.4) is 0 Å². The Morgan fingerprint density at radius 1 is 0.383 bits per heavy atom. The summed E-state index contributed by atoms with van der Waals surface area (Å²) < 4.78 is 31.9. The van der Waals surface area contributed by atoms with E-state index >= 15 is 0 Å². The molecule has 0 atom stereocenters. The van der Waals surface area contributed by atoms with E-state index in [2.05, 4.69) is 23.7 Å². The Morgan fingerprint density at radius 3 is 0.933 bits per heavy atom. The molecule has 14 nitrogen and oxygen atoms in total. The Kier molecular flexibility index (Phi) is 31.7. The molecule has 1 fully saturated rings. The van der Waals surface area contributed by atoms with Crippen molar-refractivity contribution >= 4 is 35.8 Å². The maximum Gasteiger partial charge on any atom is 0.307 e. The predicted molar refractivity (Wildman–Crippen MR) is 224 cm³/mol. The number of ether oxygens (including phenoxy) is 6. The van der Waals surface area contributed by atoms with E-state index in [-0.39, 0.29) is 113 Å². The number of hydrogen-bond donors (Lipinski definition) is 0. The normalized spacial score (nSPS) is 14.4. The van der Waals surface area contributed by atoms with Crippen molar-refractivity contribution in [3.63, 3.8) is 0 Å². The van der Waals surface area contributed by atoms with Gasteiger partial charge in [-0.25, -0.2) is 0 Å². The van der Waals surface area contributed by atoms with Crippen LogP contribution in [0.2, 0.25) is 0 Å². The summed E-state index contributed by atoms with van der Waals surface area (Å²) in [4.78, 5) is 77.5. The van der Waals surface area contributed by atoms with Crippen molar-refractivity contribution in [2.24, 2.45) is 0 Å². The molecule has 14 heteroatoms. The van der Waals surface area contributed by atoms with E-state index in [1.54, 1.807) is 0 Å². The SMILES string of the molecule is C#CCCOC(=O)CCN(CCCCCC(=O)OC1CCC(OC(=O)CCCCCN(CCC(=O)OCCC#C)CCC(=O)OCCC#C)CC1)CCC(=O)OCCC#C. The van der Waals surface area contributed by atoms with Crippen LogP contribution in [0, 0.1) is 49.4 Å². The second-order valence-electron chi connectivity index (χ2n) is 14.4. The molecule has 0 radical (unpaired) electrons. The molecule has 0 aromatic rings. The van der Waals surface area contributed by atoms with Gasteiger partial charge >= 0.3 is 35.8 Å². The van der Waals surface area contributed by atoms with E-state index in [9.17, 15) is 28.8 Å². The third kappa shape index (κ3) is 30.1. The van der Waals surface area contributed by atoms with Gasteiger partial charge in [0.2, 0.25) is 0 Å². The van der Waals surface area contributed by atoms with Crippen LogP contribution in [-0.2, 0) is 57.2 Å². The summed E-state index contributed by atoms with van der Waals surface area (Å²) in [5, 5.41) is 0. The number of unbranched alkanes of at least 4 members (excludes halogenated alkanes) is 4. The topological polar surface area (TPSA) is 164 Å². The van der Waals surface area contributed by atoms with Gasteiger partial charge in [0.05, 0.1) is 25.7 Å². The predicted octanol–water partition coefficient (Wildman–Crippen LogP) is 4.94. The molecule has 0 amide bonds. The standard InChI is InChI=1S/C46H66N2O12/c1-5-9-35-55-41(49)25-31-47(32-26-42(50)56-36-10-6-2)29-17-13-15-19-45(53)59-39-21-23-40(24-22-39)60-46(54)20-16-14-18-30-48(33-27-43(51)57-37-11-7-3)34-28-44(52)58-38-12-8-4/h1-4,39-40H,9-38H2. The monoisotopic (exact) mass is 838 g/mol. The highest BCUT2D eigenvalue weighted by Crippen LogP contribution is 2.25. The van der Waals surface area contributed by atoms with Gasteiger partial charge in [0.25, 0.3) is 0 Å². The Bertz CT molecular complexity index is 1260. The number of carbonyl (C=O) groups excluding carboxylic acids is 6. The van der Waals surface area contributed by atoms with Crippen LogP contribution in [0.4, 0.5) is 0 Å².